The molecule has 0 aliphatic carbocycles. The number of aliphatic hydroxyl groups is 1. The molecule has 2 nitrogen and oxygen atoms in total. The zero-order chi connectivity index (χ0) is 12.7. The Morgan fingerprint density at radius 2 is 1.17 bits per heavy atom. The van der Waals surface area contributed by atoms with Crippen molar-refractivity contribution in [3.05, 3.63) is 65.2 Å². The van der Waals surface area contributed by atoms with E-state index in [9.17, 15) is 0 Å². The van der Waals surface area contributed by atoms with Crippen LogP contribution in [0, 0.1) is 6.92 Å². The molecule has 0 spiro atoms. The maximum Gasteiger partial charge on any atom is 0.115 e. The standard InChI is InChI=1S/C14H14O.CH4O.Y/c1-11-2-4-12(5-3-11)10-13-6-8-14(15)9-7-13;1-2;/h2-9,15H,10H2,1H3;2H,1H3;. The molecule has 0 aromatic heterocycles. The first-order valence-corrected chi connectivity index (χ1v) is 5.52. The summed E-state index contributed by atoms with van der Waals surface area (Å²) < 4.78 is 0. The van der Waals surface area contributed by atoms with Crippen molar-refractivity contribution < 1.29 is 42.9 Å². The molecule has 2 aromatic carbocycles. The van der Waals surface area contributed by atoms with Gasteiger partial charge in [-0.2, -0.15) is 0 Å². The normalized spacial score (nSPS) is 8.83. The van der Waals surface area contributed by atoms with E-state index in [0.717, 1.165) is 13.5 Å². The first-order chi connectivity index (χ1) is 8.24. The Balaban J connectivity index is 0.000000917. The summed E-state index contributed by atoms with van der Waals surface area (Å²) in [7, 11) is 1.00. The first kappa shape index (κ1) is 17.3. The van der Waals surface area contributed by atoms with Gasteiger partial charge >= 0.3 is 0 Å². The third kappa shape index (κ3) is 5.77. The van der Waals surface area contributed by atoms with Crippen LogP contribution in [-0.4, -0.2) is 17.3 Å². The Hall–Kier alpha value is -0.696. The zero-order valence-electron chi connectivity index (χ0n) is 10.8. The number of phenolic OH excluding ortho intramolecular Hbond substituents is 1. The Bertz CT molecular complexity index is 392. The molecular formula is C15H18O2Y. The molecule has 0 fully saturated rings. The van der Waals surface area contributed by atoms with Crippen molar-refractivity contribution in [2.24, 2.45) is 0 Å². The van der Waals surface area contributed by atoms with Gasteiger partial charge in [-0.1, -0.05) is 42.0 Å². The van der Waals surface area contributed by atoms with E-state index in [-0.39, 0.29) is 32.7 Å². The van der Waals surface area contributed by atoms with Crippen molar-refractivity contribution >= 4 is 0 Å². The molecule has 1 radical (unpaired) electrons. The number of hydrogen-bond acceptors (Lipinski definition) is 2. The Kier molecular flexibility index (Phi) is 8.90. The molecular weight excluding hydrogens is 301 g/mol. The van der Waals surface area contributed by atoms with Crippen LogP contribution >= 0.6 is 0 Å². The molecule has 0 saturated carbocycles. The van der Waals surface area contributed by atoms with Crippen LogP contribution in [0.15, 0.2) is 48.5 Å². The van der Waals surface area contributed by atoms with Crippen LogP contribution in [0.5, 0.6) is 5.75 Å². The van der Waals surface area contributed by atoms with Crippen molar-refractivity contribution in [1.82, 2.24) is 0 Å². The van der Waals surface area contributed by atoms with Gasteiger partial charge in [0.2, 0.25) is 0 Å². The van der Waals surface area contributed by atoms with Crippen LogP contribution in [0.3, 0.4) is 0 Å². The fourth-order valence-corrected chi connectivity index (χ4v) is 1.56. The molecule has 3 heteroatoms. The number of aliphatic hydroxyl groups excluding tert-OH is 1. The number of benzene rings is 2. The molecule has 0 atom stereocenters. The van der Waals surface area contributed by atoms with Crippen molar-refractivity contribution in [2.45, 2.75) is 13.3 Å². The summed E-state index contributed by atoms with van der Waals surface area (Å²) >= 11 is 0. The molecule has 0 saturated heterocycles. The summed E-state index contributed by atoms with van der Waals surface area (Å²) in [6.07, 6.45) is 0.917. The number of phenols is 1. The van der Waals surface area contributed by atoms with Gasteiger partial charge in [-0.15, -0.1) is 0 Å². The number of aryl methyl sites for hydroxylation is 1. The maximum absolute atomic E-state index is 9.16. The van der Waals surface area contributed by atoms with Crippen molar-refractivity contribution in [3.63, 3.8) is 0 Å². The van der Waals surface area contributed by atoms with Crippen LogP contribution < -0.4 is 0 Å². The summed E-state index contributed by atoms with van der Waals surface area (Å²) in [6.45, 7) is 2.09. The second kappa shape index (κ2) is 9.26. The van der Waals surface area contributed by atoms with Gasteiger partial charge in [-0.3, -0.25) is 0 Å². The zero-order valence-corrected chi connectivity index (χ0v) is 13.6. The Labute approximate surface area is 134 Å². The van der Waals surface area contributed by atoms with E-state index >= 15 is 0 Å². The van der Waals surface area contributed by atoms with E-state index in [4.69, 9.17) is 10.2 Å². The number of rotatable bonds is 2. The van der Waals surface area contributed by atoms with Crippen LogP contribution in [-0.2, 0) is 39.1 Å². The third-order valence-corrected chi connectivity index (χ3v) is 2.47. The third-order valence-electron chi connectivity index (χ3n) is 2.47. The summed E-state index contributed by atoms with van der Waals surface area (Å²) in [5, 5.41) is 16.2. The van der Waals surface area contributed by atoms with E-state index in [2.05, 4.69) is 31.2 Å². The Morgan fingerprint density at radius 1 is 0.778 bits per heavy atom. The molecule has 2 rings (SSSR count). The molecule has 0 aliphatic heterocycles. The predicted octanol–water partition coefficient (Wildman–Crippen LogP) is 2.90. The van der Waals surface area contributed by atoms with E-state index in [1.54, 1.807) is 12.1 Å². The summed E-state index contributed by atoms with van der Waals surface area (Å²) in [4.78, 5) is 0. The fourth-order valence-electron chi connectivity index (χ4n) is 1.56. The second-order valence-electron chi connectivity index (χ2n) is 3.83. The minimum Gasteiger partial charge on any atom is -0.508 e. The second-order valence-corrected chi connectivity index (χ2v) is 3.83. The van der Waals surface area contributed by atoms with Gasteiger partial charge in [0.25, 0.3) is 0 Å². The summed E-state index contributed by atoms with van der Waals surface area (Å²) in [5.41, 5.74) is 3.80. The molecule has 2 aromatic rings. The molecule has 2 N–H and O–H groups in total. The average molecular weight is 319 g/mol. The maximum atomic E-state index is 9.16. The van der Waals surface area contributed by atoms with Gasteiger partial charge in [0.05, 0.1) is 0 Å². The Morgan fingerprint density at radius 3 is 1.61 bits per heavy atom. The van der Waals surface area contributed by atoms with Crippen LogP contribution in [0.4, 0.5) is 0 Å². The number of hydrogen-bond donors (Lipinski definition) is 2. The van der Waals surface area contributed by atoms with Gasteiger partial charge in [0, 0.05) is 39.8 Å². The van der Waals surface area contributed by atoms with Gasteiger partial charge in [-0.05, 0) is 36.6 Å². The monoisotopic (exact) mass is 319 g/mol. The van der Waals surface area contributed by atoms with Crippen LogP contribution in [0.25, 0.3) is 0 Å². The predicted molar refractivity (Wildman–Crippen MR) is 70.2 cm³/mol. The molecule has 0 bridgehead atoms. The largest absolute Gasteiger partial charge is 0.508 e. The first-order valence-electron chi connectivity index (χ1n) is 5.52. The van der Waals surface area contributed by atoms with E-state index in [0.29, 0.717) is 5.75 Å². The smallest absolute Gasteiger partial charge is 0.115 e. The van der Waals surface area contributed by atoms with E-state index in [1.165, 1.54) is 16.7 Å². The van der Waals surface area contributed by atoms with E-state index < -0.39 is 0 Å². The van der Waals surface area contributed by atoms with Gasteiger partial charge < -0.3 is 10.2 Å². The van der Waals surface area contributed by atoms with Gasteiger partial charge in [0.15, 0.2) is 0 Å². The van der Waals surface area contributed by atoms with E-state index in [1.807, 2.05) is 12.1 Å². The minimum atomic E-state index is 0. The molecule has 93 valence electrons. The number of aromatic hydroxyl groups is 1. The summed E-state index contributed by atoms with van der Waals surface area (Å²) in [6, 6.07) is 15.9. The molecule has 0 unspecified atom stereocenters. The minimum absolute atomic E-state index is 0. The quantitative estimate of drug-likeness (QED) is 0.893. The molecule has 0 heterocycles. The summed E-state index contributed by atoms with van der Waals surface area (Å²) in [5.74, 6) is 0.322. The fraction of sp³-hybridized carbons (Fsp3) is 0.200. The average Bonchev–Trinajstić information content (AvgIpc) is 2.37. The van der Waals surface area contributed by atoms with Crippen molar-refractivity contribution in [1.29, 1.82) is 0 Å². The topological polar surface area (TPSA) is 40.5 Å². The van der Waals surface area contributed by atoms with Gasteiger partial charge in [0.1, 0.15) is 5.75 Å². The SMILES string of the molecule is CO.Cc1ccc(Cc2ccc(O)cc2)cc1.[Y]. The molecule has 18 heavy (non-hydrogen) atoms. The van der Waals surface area contributed by atoms with Crippen LogP contribution in [0.2, 0.25) is 0 Å². The van der Waals surface area contributed by atoms with Crippen molar-refractivity contribution in [3.8, 4) is 5.75 Å². The van der Waals surface area contributed by atoms with Gasteiger partial charge in [-0.25, -0.2) is 0 Å². The van der Waals surface area contributed by atoms with Crippen molar-refractivity contribution in [2.75, 3.05) is 7.11 Å². The molecule has 0 amide bonds. The van der Waals surface area contributed by atoms with Crippen LogP contribution in [0.1, 0.15) is 16.7 Å². The molecule has 0 aliphatic rings.